The normalized spacial score (nSPS) is 10.8. The molecule has 3 rings (SSSR count). The van der Waals surface area contributed by atoms with E-state index in [1.54, 1.807) is 11.4 Å². The smallest absolute Gasteiger partial charge is 0.253 e. The van der Waals surface area contributed by atoms with Gasteiger partial charge >= 0.3 is 0 Å². The van der Waals surface area contributed by atoms with E-state index in [1.807, 2.05) is 29.7 Å². The van der Waals surface area contributed by atoms with Crippen LogP contribution in [0.2, 0.25) is 0 Å². The van der Waals surface area contributed by atoms with Gasteiger partial charge in [-0.15, -0.1) is 0 Å². The molecule has 146 valence electrons. The number of rotatable bonds is 8. The van der Waals surface area contributed by atoms with E-state index < -0.39 is 0 Å². The third-order valence-corrected chi connectivity index (χ3v) is 4.91. The molecule has 6 heteroatoms. The van der Waals surface area contributed by atoms with Crippen molar-refractivity contribution < 1.29 is 4.84 Å². The van der Waals surface area contributed by atoms with Gasteiger partial charge in [-0.25, -0.2) is 10.0 Å². The van der Waals surface area contributed by atoms with Gasteiger partial charge < -0.3 is 0 Å². The first-order valence-corrected chi connectivity index (χ1v) is 10.0. The molecule has 0 aliphatic carbocycles. The summed E-state index contributed by atoms with van der Waals surface area (Å²) < 4.78 is 2.35. The highest BCUT2D eigenvalue weighted by atomic mass is 32.1. The number of aromatic nitrogens is 3. The summed E-state index contributed by atoms with van der Waals surface area (Å²) in [6.45, 7) is 7.41. The number of hydrogen-bond acceptors (Lipinski definition) is 5. The van der Waals surface area contributed by atoms with Crippen molar-refractivity contribution in [3.8, 4) is 5.69 Å². The van der Waals surface area contributed by atoms with Crippen LogP contribution in [0.15, 0.2) is 54.9 Å². The standard InChI is InChI=1S/C22H26N4OS/c1-4-19-13-9-10-17(3)20(19)25-16-23-21(24-22(25)28)26(5-2)27-15-14-18-11-7-6-8-12-18/h6-13,16H,4-5,14-15H2,1-3H3. The predicted octanol–water partition coefficient (Wildman–Crippen LogP) is 4.87. The molecule has 5 nitrogen and oxygen atoms in total. The quantitative estimate of drug-likeness (QED) is 0.403. The SMILES string of the molecule is CCc1cccc(C)c1-n1cnc(N(CC)OCCc2ccccc2)nc1=S. The van der Waals surface area contributed by atoms with Crippen molar-refractivity contribution in [2.75, 3.05) is 18.2 Å². The third-order valence-electron chi connectivity index (χ3n) is 4.62. The van der Waals surface area contributed by atoms with Gasteiger partial charge in [0.2, 0.25) is 4.77 Å². The van der Waals surface area contributed by atoms with Gasteiger partial charge in [-0.1, -0.05) is 55.5 Å². The first kappa shape index (κ1) is 20.2. The zero-order valence-electron chi connectivity index (χ0n) is 16.6. The van der Waals surface area contributed by atoms with Crippen LogP contribution in [0.3, 0.4) is 0 Å². The molecule has 0 unspecified atom stereocenters. The molecular formula is C22H26N4OS. The highest BCUT2D eigenvalue weighted by Gasteiger charge is 2.12. The van der Waals surface area contributed by atoms with Gasteiger partial charge in [0.15, 0.2) is 0 Å². The van der Waals surface area contributed by atoms with Gasteiger partial charge in [0, 0.05) is 6.54 Å². The molecule has 0 spiro atoms. The summed E-state index contributed by atoms with van der Waals surface area (Å²) in [4.78, 5) is 14.9. The summed E-state index contributed by atoms with van der Waals surface area (Å²) >= 11 is 5.57. The van der Waals surface area contributed by atoms with Crippen LogP contribution in [0.5, 0.6) is 0 Å². The van der Waals surface area contributed by atoms with E-state index in [9.17, 15) is 0 Å². The second-order valence-corrected chi connectivity index (χ2v) is 6.87. The minimum absolute atomic E-state index is 0.471. The van der Waals surface area contributed by atoms with Gasteiger partial charge in [0.05, 0.1) is 12.3 Å². The Labute approximate surface area is 171 Å². The summed E-state index contributed by atoms with van der Waals surface area (Å²) in [5.74, 6) is 0.489. The first-order chi connectivity index (χ1) is 13.6. The summed E-state index contributed by atoms with van der Waals surface area (Å²) in [7, 11) is 0. The number of anilines is 1. The zero-order chi connectivity index (χ0) is 19.9. The van der Waals surface area contributed by atoms with E-state index in [-0.39, 0.29) is 0 Å². The second kappa shape index (κ2) is 9.57. The highest BCUT2D eigenvalue weighted by molar-refractivity contribution is 7.71. The molecule has 1 aromatic heterocycles. The van der Waals surface area contributed by atoms with E-state index in [0.717, 1.165) is 24.1 Å². The Kier molecular flexibility index (Phi) is 6.90. The number of benzene rings is 2. The van der Waals surface area contributed by atoms with E-state index in [1.165, 1.54) is 11.1 Å². The van der Waals surface area contributed by atoms with Gasteiger partial charge in [-0.3, -0.25) is 9.40 Å². The van der Waals surface area contributed by atoms with Crippen molar-refractivity contribution in [3.05, 3.63) is 76.3 Å². The van der Waals surface area contributed by atoms with Gasteiger partial charge in [-0.2, -0.15) is 4.98 Å². The Morgan fingerprint density at radius 3 is 2.54 bits per heavy atom. The molecule has 0 aliphatic heterocycles. The maximum absolute atomic E-state index is 5.90. The number of nitrogens with zero attached hydrogens (tertiary/aromatic N) is 4. The van der Waals surface area contributed by atoms with Crippen molar-refractivity contribution in [3.63, 3.8) is 0 Å². The third kappa shape index (κ3) is 4.64. The lowest BCUT2D eigenvalue weighted by Crippen LogP contribution is -2.27. The largest absolute Gasteiger partial charge is 0.275 e. The molecular weight excluding hydrogens is 368 g/mol. The molecule has 0 saturated carbocycles. The zero-order valence-corrected chi connectivity index (χ0v) is 17.4. The Balaban J connectivity index is 1.78. The van der Waals surface area contributed by atoms with E-state index in [4.69, 9.17) is 17.1 Å². The Morgan fingerprint density at radius 2 is 1.86 bits per heavy atom. The number of para-hydroxylation sites is 1. The minimum atomic E-state index is 0.471. The summed E-state index contributed by atoms with van der Waals surface area (Å²) in [5, 5.41) is 1.70. The minimum Gasteiger partial charge on any atom is -0.275 e. The van der Waals surface area contributed by atoms with Crippen LogP contribution in [-0.2, 0) is 17.7 Å². The van der Waals surface area contributed by atoms with Crippen LogP contribution in [0.1, 0.15) is 30.5 Å². The molecule has 28 heavy (non-hydrogen) atoms. The molecule has 0 aliphatic rings. The molecule has 0 N–H and O–H groups in total. The fraction of sp³-hybridized carbons (Fsp3) is 0.318. The lowest BCUT2D eigenvalue weighted by atomic mass is 10.1. The van der Waals surface area contributed by atoms with Gasteiger partial charge in [-0.05, 0) is 55.6 Å². The highest BCUT2D eigenvalue weighted by Crippen LogP contribution is 2.20. The fourth-order valence-electron chi connectivity index (χ4n) is 3.16. The van der Waals surface area contributed by atoms with Crippen LogP contribution in [0, 0.1) is 11.7 Å². The van der Waals surface area contributed by atoms with Crippen molar-refractivity contribution in [1.29, 1.82) is 0 Å². The molecule has 3 aromatic rings. The lowest BCUT2D eigenvalue weighted by Gasteiger charge is -2.21. The molecule has 0 bridgehead atoms. The van der Waals surface area contributed by atoms with Gasteiger partial charge in [0.1, 0.15) is 6.33 Å². The maximum atomic E-state index is 5.90. The Bertz CT molecular complexity index is 972. The van der Waals surface area contributed by atoms with Crippen molar-refractivity contribution in [1.82, 2.24) is 14.5 Å². The first-order valence-electron chi connectivity index (χ1n) is 9.63. The Morgan fingerprint density at radius 1 is 1.07 bits per heavy atom. The van der Waals surface area contributed by atoms with Gasteiger partial charge in [0.25, 0.3) is 5.95 Å². The van der Waals surface area contributed by atoms with Crippen LogP contribution in [-0.4, -0.2) is 27.7 Å². The Hall–Kier alpha value is -2.57. The van der Waals surface area contributed by atoms with Crippen LogP contribution in [0.25, 0.3) is 5.69 Å². The van der Waals surface area contributed by atoms with Crippen LogP contribution in [0.4, 0.5) is 5.95 Å². The summed E-state index contributed by atoms with van der Waals surface area (Å²) in [6.07, 6.45) is 3.49. The number of hydroxylamine groups is 1. The van der Waals surface area contributed by atoms with E-state index in [2.05, 4.69) is 54.1 Å². The molecule has 2 aromatic carbocycles. The maximum Gasteiger partial charge on any atom is 0.253 e. The molecule has 1 heterocycles. The lowest BCUT2D eigenvalue weighted by molar-refractivity contribution is 0.109. The second-order valence-electron chi connectivity index (χ2n) is 6.51. The number of aryl methyl sites for hydroxylation is 2. The van der Waals surface area contributed by atoms with Crippen LogP contribution < -0.4 is 5.06 Å². The summed E-state index contributed by atoms with van der Waals surface area (Å²) in [5.41, 5.74) is 4.67. The molecule has 0 radical (unpaired) electrons. The number of hydrogen-bond donors (Lipinski definition) is 0. The summed E-state index contributed by atoms with van der Waals surface area (Å²) in [6, 6.07) is 16.5. The monoisotopic (exact) mass is 394 g/mol. The van der Waals surface area contributed by atoms with Crippen molar-refractivity contribution >= 4 is 18.2 Å². The molecule has 0 saturated heterocycles. The average Bonchev–Trinajstić information content (AvgIpc) is 2.72. The fourth-order valence-corrected chi connectivity index (χ4v) is 3.38. The van der Waals surface area contributed by atoms with Crippen molar-refractivity contribution in [2.45, 2.75) is 33.6 Å². The van der Waals surface area contributed by atoms with Crippen LogP contribution >= 0.6 is 12.2 Å². The average molecular weight is 395 g/mol. The van der Waals surface area contributed by atoms with Crippen molar-refractivity contribution in [2.24, 2.45) is 0 Å². The molecule has 0 amide bonds. The van der Waals surface area contributed by atoms with E-state index >= 15 is 0 Å². The predicted molar refractivity (Wildman–Crippen MR) is 115 cm³/mol. The molecule has 0 atom stereocenters. The molecule has 0 fully saturated rings. The topological polar surface area (TPSA) is 43.2 Å². The van der Waals surface area contributed by atoms with E-state index in [0.29, 0.717) is 23.9 Å².